The fourth-order valence-corrected chi connectivity index (χ4v) is 3.01. The first-order valence-electron chi connectivity index (χ1n) is 8.31. The van der Waals surface area contributed by atoms with Gasteiger partial charge in [-0.15, -0.1) is 0 Å². The van der Waals surface area contributed by atoms with Gasteiger partial charge in [-0.05, 0) is 51.3 Å². The maximum Gasteiger partial charge on any atom is 0.228 e. The number of carbonyl (C=O) groups is 1. The van der Waals surface area contributed by atoms with Crippen molar-refractivity contribution < 1.29 is 4.79 Å². The minimum absolute atomic E-state index is 0.0154. The van der Waals surface area contributed by atoms with Crippen LogP contribution in [0.3, 0.4) is 0 Å². The van der Waals surface area contributed by atoms with Crippen LogP contribution in [0.4, 0.5) is 11.6 Å². The average Bonchev–Trinajstić information content (AvgIpc) is 2.57. The maximum atomic E-state index is 12.4. The standard InChI is InChI=1S/C18H23N5O/c1-12-4-7-19-16(10-12)22-18(24)15-5-8-23(9-6-15)17-14(3)20-11-13(2)21-17/h4,7,10-11,15H,5-6,8-9H2,1-3H3,(H,19,22,24). The summed E-state index contributed by atoms with van der Waals surface area (Å²) in [6, 6.07) is 3.80. The van der Waals surface area contributed by atoms with Gasteiger partial charge in [0, 0.05) is 31.4 Å². The molecule has 126 valence electrons. The molecule has 24 heavy (non-hydrogen) atoms. The van der Waals surface area contributed by atoms with Crippen molar-refractivity contribution in [2.75, 3.05) is 23.3 Å². The number of anilines is 2. The third kappa shape index (κ3) is 3.69. The number of hydrogen-bond acceptors (Lipinski definition) is 5. The first-order chi connectivity index (χ1) is 11.5. The average molecular weight is 325 g/mol. The Labute approximate surface area is 142 Å². The maximum absolute atomic E-state index is 12.4. The predicted molar refractivity (Wildman–Crippen MR) is 94.0 cm³/mol. The van der Waals surface area contributed by atoms with Crippen molar-refractivity contribution in [2.45, 2.75) is 33.6 Å². The Bertz CT molecular complexity index is 738. The number of nitrogens with zero attached hydrogens (tertiary/aromatic N) is 4. The summed E-state index contributed by atoms with van der Waals surface area (Å²) in [5.41, 5.74) is 2.94. The van der Waals surface area contributed by atoms with Crippen LogP contribution in [0.5, 0.6) is 0 Å². The Hall–Kier alpha value is -2.50. The van der Waals surface area contributed by atoms with Crippen LogP contribution >= 0.6 is 0 Å². The highest BCUT2D eigenvalue weighted by Gasteiger charge is 2.26. The molecule has 0 saturated carbocycles. The van der Waals surface area contributed by atoms with E-state index >= 15 is 0 Å². The van der Waals surface area contributed by atoms with Gasteiger partial charge in [0.2, 0.25) is 5.91 Å². The van der Waals surface area contributed by atoms with E-state index in [1.165, 1.54) is 0 Å². The van der Waals surface area contributed by atoms with Crippen molar-refractivity contribution in [1.29, 1.82) is 0 Å². The lowest BCUT2D eigenvalue weighted by Crippen LogP contribution is -2.39. The van der Waals surface area contributed by atoms with Gasteiger partial charge in [-0.25, -0.2) is 9.97 Å². The zero-order valence-corrected chi connectivity index (χ0v) is 14.4. The first kappa shape index (κ1) is 16.4. The van der Waals surface area contributed by atoms with Crippen molar-refractivity contribution in [3.8, 4) is 0 Å². The molecule has 1 N–H and O–H groups in total. The largest absolute Gasteiger partial charge is 0.355 e. The number of carbonyl (C=O) groups excluding carboxylic acids is 1. The summed E-state index contributed by atoms with van der Waals surface area (Å²) < 4.78 is 0. The van der Waals surface area contributed by atoms with Crippen molar-refractivity contribution in [3.63, 3.8) is 0 Å². The molecule has 1 amide bonds. The molecule has 3 heterocycles. The van der Waals surface area contributed by atoms with Gasteiger partial charge in [0.15, 0.2) is 0 Å². The van der Waals surface area contributed by atoms with E-state index in [0.29, 0.717) is 5.82 Å². The molecule has 0 aliphatic carbocycles. The van der Waals surface area contributed by atoms with E-state index in [-0.39, 0.29) is 11.8 Å². The Balaban J connectivity index is 1.60. The first-order valence-corrected chi connectivity index (χ1v) is 8.31. The van der Waals surface area contributed by atoms with E-state index in [2.05, 4.69) is 25.2 Å². The molecule has 0 bridgehead atoms. The van der Waals surface area contributed by atoms with Crippen LogP contribution in [0.2, 0.25) is 0 Å². The zero-order valence-electron chi connectivity index (χ0n) is 14.4. The van der Waals surface area contributed by atoms with Gasteiger partial charge in [-0.3, -0.25) is 9.78 Å². The van der Waals surface area contributed by atoms with Crippen molar-refractivity contribution in [3.05, 3.63) is 41.5 Å². The summed E-state index contributed by atoms with van der Waals surface area (Å²) in [4.78, 5) is 27.8. The summed E-state index contributed by atoms with van der Waals surface area (Å²) in [5.74, 6) is 1.64. The van der Waals surface area contributed by atoms with Gasteiger partial charge < -0.3 is 10.2 Å². The molecule has 3 rings (SSSR count). The zero-order chi connectivity index (χ0) is 17.1. The summed E-state index contributed by atoms with van der Waals surface area (Å²) >= 11 is 0. The second-order valence-corrected chi connectivity index (χ2v) is 6.39. The normalized spacial score (nSPS) is 15.4. The third-order valence-electron chi connectivity index (χ3n) is 4.38. The number of piperidine rings is 1. The summed E-state index contributed by atoms with van der Waals surface area (Å²) in [5, 5.41) is 2.93. The SMILES string of the molecule is Cc1ccnc(NC(=O)C2CCN(c3nc(C)cnc3C)CC2)c1. The molecule has 1 fully saturated rings. The van der Waals surface area contributed by atoms with Crippen molar-refractivity contribution in [1.82, 2.24) is 15.0 Å². The number of amides is 1. The van der Waals surface area contributed by atoms with E-state index < -0.39 is 0 Å². The highest BCUT2D eigenvalue weighted by molar-refractivity contribution is 5.91. The molecule has 0 radical (unpaired) electrons. The highest BCUT2D eigenvalue weighted by Crippen LogP contribution is 2.24. The summed E-state index contributed by atoms with van der Waals surface area (Å²) in [7, 11) is 0. The van der Waals surface area contributed by atoms with Crippen molar-refractivity contribution >= 4 is 17.5 Å². The second kappa shape index (κ2) is 6.95. The van der Waals surface area contributed by atoms with Crippen LogP contribution in [0.25, 0.3) is 0 Å². The number of nitrogens with one attached hydrogen (secondary N) is 1. The van der Waals surface area contributed by atoms with E-state index in [9.17, 15) is 4.79 Å². The minimum atomic E-state index is 0.0154. The van der Waals surface area contributed by atoms with Crippen LogP contribution in [0.1, 0.15) is 29.8 Å². The van der Waals surface area contributed by atoms with Gasteiger partial charge in [-0.2, -0.15) is 0 Å². The lowest BCUT2D eigenvalue weighted by Gasteiger charge is -2.32. The smallest absolute Gasteiger partial charge is 0.228 e. The molecule has 2 aromatic heterocycles. The van der Waals surface area contributed by atoms with Crippen LogP contribution < -0.4 is 10.2 Å². The van der Waals surface area contributed by atoms with Crippen LogP contribution in [-0.2, 0) is 4.79 Å². The van der Waals surface area contributed by atoms with Gasteiger partial charge >= 0.3 is 0 Å². The lowest BCUT2D eigenvalue weighted by molar-refractivity contribution is -0.120. The summed E-state index contributed by atoms with van der Waals surface area (Å²) in [6.45, 7) is 7.55. The fraction of sp³-hybridized carbons (Fsp3) is 0.444. The Morgan fingerprint density at radius 3 is 2.67 bits per heavy atom. The molecule has 2 aromatic rings. The Morgan fingerprint density at radius 1 is 1.21 bits per heavy atom. The molecule has 6 nitrogen and oxygen atoms in total. The molecule has 6 heteroatoms. The van der Waals surface area contributed by atoms with E-state index in [1.54, 1.807) is 12.4 Å². The van der Waals surface area contributed by atoms with Crippen LogP contribution in [0, 0.1) is 26.7 Å². The molecule has 1 saturated heterocycles. The van der Waals surface area contributed by atoms with E-state index in [0.717, 1.165) is 48.7 Å². The van der Waals surface area contributed by atoms with Gasteiger partial charge in [0.25, 0.3) is 0 Å². The van der Waals surface area contributed by atoms with E-state index in [4.69, 9.17) is 0 Å². The quantitative estimate of drug-likeness (QED) is 0.939. The fourth-order valence-electron chi connectivity index (χ4n) is 3.01. The highest BCUT2D eigenvalue weighted by atomic mass is 16.1. The van der Waals surface area contributed by atoms with Crippen LogP contribution in [-0.4, -0.2) is 33.9 Å². The van der Waals surface area contributed by atoms with Gasteiger partial charge in [-0.1, -0.05) is 0 Å². The third-order valence-corrected chi connectivity index (χ3v) is 4.38. The molecule has 1 aliphatic heterocycles. The van der Waals surface area contributed by atoms with Crippen molar-refractivity contribution in [2.24, 2.45) is 5.92 Å². The molecule has 0 spiro atoms. The summed E-state index contributed by atoms with van der Waals surface area (Å²) in [6.07, 6.45) is 5.13. The molecular weight excluding hydrogens is 302 g/mol. The molecular formula is C18H23N5O. The molecule has 1 aliphatic rings. The molecule has 0 unspecified atom stereocenters. The molecule has 0 atom stereocenters. The molecule has 0 aromatic carbocycles. The second-order valence-electron chi connectivity index (χ2n) is 6.39. The Kier molecular flexibility index (Phi) is 4.74. The van der Waals surface area contributed by atoms with E-state index in [1.807, 2.05) is 32.9 Å². The Morgan fingerprint density at radius 2 is 1.96 bits per heavy atom. The number of hydrogen-bond donors (Lipinski definition) is 1. The van der Waals surface area contributed by atoms with Gasteiger partial charge in [0.1, 0.15) is 11.6 Å². The number of aryl methyl sites for hydroxylation is 3. The van der Waals surface area contributed by atoms with Gasteiger partial charge in [0.05, 0.1) is 11.4 Å². The monoisotopic (exact) mass is 325 g/mol. The number of rotatable bonds is 3. The number of pyridine rings is 1. The predicted octanol–water partition coefficient (Wildman–Crippen LogP) is 2.65. The topological polar surface area (TPSA) is 71.0 Å². The number of aromatic nitrogens is 3. The minimum Gasteiger partial charge on any atom is -0.355 e. The lowest BCUT2D eigenvalue weighted by atomic mass is 9.96. The van der Waals surface area contributed by atoms with Crippen LogP contribution in [0.15, 0.2) is 24.5 Å².